The molecular weight excluding hydrogens is 246 g/mol. The number of aliphatic hydroxyl groups is 1. The largest absolute Gasteiger partial charge is 0.465 e. The van der Waals surface area contributed by atoms with Crippen molar-refractivity contribution in [3.05, 3.63) is 35.4 Å². The Hall–Kier alpha value is -1.66. The third kappa shape index (κ3) is 2.54. The molecule has 1 aliphatic rings. The van der Waals surface area contributed by atoms with Gasteiger partial charge in [-0.05, 0) is 32.4 Å². The summed E-state index contributed by atoms with van der Waals surface area (Å²) in [5.74, 6) is 2.95. The van der Waals surface area contributed by atoms with Crippen molar-refractivity contribution in [2.45, 2.75) is 39.0 Å². The Bertz CT molecular complexity index is 563. The van der Waals surface area contributed by atoms with Crippen molar-refractivity contribution in [1.82, 2.24) is 15.0 Å². The van der Waals surface area contributed by atoms with E-state index in [4.69, 9.17) is 8.94 Å². The monoisotopic (exact) mass is 263 g/mol. The average molecular weight is 263 g/mol. The van der Waals surface area contributed by atoms with Crippen molar-refractivity contribution in [1.29, 1.82) is 0 Å². The lowest BCUT2D eigenvalue weighted by Gasteiger charge is -2.19. The average Bonchev–Trinajstić information content (AvgIpc) is 3.02. The molecule has 3 heterocycles. The van der Waals surface area contributed by atoms with Crippen LogP contribution >= 0.6 is 0 Å². The molecule has 2 aromatic heterocycles. The van der Waals surface area contributed by atoms with Crippen LogP contribution in [-0.2, 0) is 6.54 Å². The Balaban J connectivity index is 1.78. The molecule has 1 N–H and O–H groups in total. The number of likely N-dealkylation sites (tertiary alicyclic amines) is 1. The van der Waals surface area contributed by atoms with Crippen LogP contribution in [0.1, 0.15) is 35.7 Å². The van der Waals surface area contributed by atoms with E-state index < -0.39 is 0 Å². The van der Waals surface area contributed by atoms with Gasteiger partial charge in [0.05, 0.1) is 18.7 Å². The van der Waals surface area contributed by atoms with Gasteiger partial charge in [0.15, 0.2) is 5.82 Å². The molecule has 1 fully saturated rings. The molecule has 102 valence electrons. The fraction of sp³-hybridized carbons (Fsp3) is 0.538. The van der Waals surface area contributed by atoms with Crippen molar-refractivity contribution in [3.63, 3.8) is 0 Å². The number of β-amino-alcohol motifs (C(OH)–C–C–N with tert-alkyl or cyclic N) is 1. The SMILES string of the molecule is Cc1noc([C@H]2C[C@@H](O)CN2Cc2ccc(C)o2)n1. The summed E-state index contributed by atoms with van der Waals surface area (Å²) < 4.78 is 10.8. The van der Waals surface area contributed by atoms with E-state index in [9.17, 15) is 5.11 Å². The van der Waals surface area contributed by atoms with Crippen LogP contribution in [0, 0.1) is 13.8 Å². The molecule has 19 heavy (non-hydrogen) atoms. The zero-order chi connectivity index (χ0) is 13.4. The minimum absolute atomic E-state index is 0.0402. The summed E-state index contributed by atoms with van der Waals surface area (Å²) in [5, 5.41) is 13.7. The second-order valence-electron chi connectivity index (χ2n) is 5.03. The minimum Gasteiger partial charge on any atom is -0.465 e. The molecule has 0 spiro atoms. The van der Waals surface area contributed by atoms with E-state index in [0.29, 0.717) is 31.2 Å². The second-order valence-corrected chi connectivity index (χ2v) is 5.03. The van der Waals surface area contributed by atoms with E-state index in [-0.39, 0.29) is 12.1 Å². The Morgan fingerprint density at radius 3 is 2.89 bits per heavy atom. The van der Waals surface area contributed by atoms with E-state index in [1.54, 1.807) is 6.92 Å². The standard InChI is InChI=1S/C13H17N3O3/c1-8-3-4-11(18-8)7-16-6-10(17)5-12(16)13-14-9(2)15-19-13/h3-4,10,12,17H,5-7H2,1-2H3/t10-,12-/m1/s1. The Morgan fingerprint density at radius 2 is 2.26 bits per heavy atom. The lowest BCUT2D eigenvalue weighted by molar-refractivity contribution is 0.163. The Morgan fingerprint density at radius 1 is 1.42 bits per heavy atom. The summed E-state index contributed by atoms with van der Waals surface area (Å²) in [6.07, 6.45) is 0.245. The highest BCUT2D eigenvalue weighted by Gasteiger charge is 2.36. The number of nitrogens with zero attached hydrogens (tertiary/aromatic N) is 3. The van der Waals surface area contributed by atoms with E-state index in [1.165, 1.54) is 0 Å². The van der Waals surface area contributed by atoms with Crippen LogP contribution in [0.3, 0.4) is 0 Å². The van der Waals surface area contributed by atoms with Gasteiger partial charge in [0.1, 0.15) is 11.5 Å². The molecule has 2 aromatic rings. The topological polar surface area (TPSA) is 75.5 Å². The first-order chi connectivity index (χ1) is 9.11. The van der Waals surface area contributed by atoms with Gasteiger partial charge in [0, 0.05) is 6.54 Å². The number of aromatic nitrogens is 2. The number of furan rings is 1. The number of hydrogen-bond acceptors (Lipinski definition) is 6. The molecule has 0 aliphatic carbocycles. The third-order valence-electron chi connectivity index (χ3n) is 3.36. The van der Waals surface area contributed by atoms with Crippen molar-refractivity contribution in [3.8, 4) is 0 Å². The van der Waals surface area contributed by atoms with E-state index in [1.807, 2.05) is 19.1 Å². The van der Waals surface area contributed by atoms with Crippen molar-refractivity contribution < 1.29 is 14.0 Å². The second kappa shape index (κ2) is 4.79. The molecule has 1 saturated heterocycles. The minimum atomic E-state index is -0.367. The molecule has 3 rings (SSSR count). The summed E-state index contributed by atoms with van der Waals surface area (Å²) in [5.41, 5.74) is 0. The van der Waals surface area contributed by atoms with Gasteiger partial charge in [0.25, 0.3) is 0 Å². The predicted molar refractivity (Wildman–Crippen MR) is 66.3 cm³/mol. The summed E-state index contributed by atoms with van der Waals surface area (Å²) >= 11 is 0. The van der Waals surface area contributed by atoms with Crippen LogP contribution < -0.4 is 0 Å². The number of hydrogen-bond donors (Lipinski definition) is 1. The van der Waals surface area contributed by atoms with Gasteiger partial charge >= 0.3 is 0 Å². The van der Waals surface area contributed by atoms with Gasteiger partial charge in [0.2, 0.25) is 5.89 Å². The summed E-state index contributed by atoms with van der Waals surface area (Å²) in [6.45, 7) is 4.93. The van der Waals surface area contributed by atoms with Gasteiger partial charge < -0.3 is 14.0 Å². The molecule has 1 aliphatic heterocycles. The first-order valence-electron chi connectivity index (χ1n) is 6.39. The highest BCUT2D eigenvalue weighted by Crippen LogP contribution is 2.32. The van der Waals surface area contributed by atoms with Crippen molar-refractivity contribution in [2.24, 2.45) is 0 Å². The maximum atomic E-state index is 9.86. The summed E-state index contributed by atoms with van der Waals surface area (Å²) in [6, 6.07) is 3.85. The molecule has 0 unspecified atom stereocenters. The van der Waals surface area contributed by atoms with Gasteiger partial charge in [-0.15, -0.1) is 0 Å². The van der Waals surface area contributed by atoms with Crippen molar-refractivity contribution >= 4 is 0 Å². The van der Waals surface area contributed by atoms with E-state index in [0.717, 1.165) is 11.5 Å². The molecule has 6 heteroatoms. The van der Waals surface area contributed by atoms with Crippen molar-refractivity contribution in [2.75, 3.05) is 6.54 Å². The van der Waals surface area contributed by atoms with Crippen LogP contribution in [0.2, 0.25) is 0 Å². The smallest absolute Gasteiger partial charge is 0.244 e. The van der Waals surface area contributed by atoms with E-state index >= 15 is 0 Å². The van der Waals surface area contributed by atoms with Crippen LogP contribution in [-0.4, -0.2) is 32.8 Å². The van der Waals surface area contributed by atoms with Gasteiger partial charge in [-0.1, -0.05) is 5.16 Å². The maximum Gasteiger partial charge on any atom is 0.244 e. The summed E-state index contributed by atoms with van der Waals surface area (Å²) in [7, 11) is 0. The van der Waals surface area contributed by atoms with Crippen LogP contribution in [0.15, 0.2) is 21.1 Å². The first-order valence-corrected chi connectivity index (χ1v) is 6.39. The zero-order valence-corrected chi connectivity index (χ0v) is 11.0. The molecule has 0 amide bonds. The lowest BCUT2D eigenvalue weighted by Crippen LogP contribution is -2.24. The quantitative estimate of drug-likeness (QED) is 0.906. The highest BCUT2D eigenvalue weighted by atomic mass is 16.5. The number of rotatable bonds is 3. The van der Waals surface area contributed by atoms with Crippen LogP contribution in [0.25, 0.3) is 0 Å². The van der Waals surface area contributed by atoms with Gasteiger partial charge in [-0.2, -0.15) is 4.98 Å². The molecule has 0 bridgehead atoms. The molecule has 0 aromatic carbocycles. The third-order valence-corrected chi connectivity index (χ3v) is 3.36. The normalized spacial score (nSPS) is 24.2. The predicted octanol–water partition coefficient (Wildman–Crippen LogP) is 1.59. The molecule has 0 radical (unpaired) electrons. The van der Waals surface area contributed by atoms with E-state index in [2.05, 4.69) is 15.0 Å². The lowest BCUT2D eigenvalue weighted by atomic mass is 10.2. The number of aryl methyl sites for hydroxylation is 2. The maximum absolute atomic E-state index is 9.86. The van der Waals surface area contributed by atoms with Gasteiger partial charge in [-0.3, -0.25) is 4.90 Å². The Kier molecular flexibility index (Phi) is 3.12. The fourth-order valence-electron chi connectivity index (χ4n) is 2.53. The summed E-state index contributed by atoms with van der Waals surface area (Å²) in [4.78, 5) is 6.37. The molecule has 2 atom stereocenters. The van der Waals surface area contributed by atoms with Gasteiger partial charge in [-0.25, -0.2) is 0 Å². The molecular formula is C13H17N3O3. The molecule has 0 saturated carbocycles. The van der Waals surface area contributed by atoms with Crippen LogP contribution in [0.4, 0.5) is 0 Å². The highest BCUT2D eigenvalue weighted by molar-refractivity contribution is 5.07. The fourth-order valence-corrected chi connectivity index (χ4v) is 2.53. The first kappa shape index (κ1) is 12.4. The molecule has 6 nitrogen and oxygen atoms in total. The van der Waals surface area contributed by atoms with Crippen LogP contribution in [0.5, 0.6) is 0 Å². The zero-order valence-electron chi connectivity index (χ0n) is 11.0. The Labute approximate surface area is 111 Å². The number of aliphatic hydroxyl groups excluding tert-OH is 1.